The fraction of sp³-hybridized carbons (Fsp3) is 0.500. The Bertz CT molecular complexity index is 587. The highest BCUT2D eigenvalue weighted by atomic mass is 32.2. The van der Waals surface area contributed by atoms with Gasteiger partial charge in [-0.25, -0.2) is 13.2 Å². The molecule has 0 aromatic heterocycles. The van der Waals surface area contributed by atoms with Gasteiger partial charge in [0, 0.05) is 11.6 Å². The molecule has 1 amide bonds. The quantitative estimate of drug-likeness (QED) is 0.910. The summed E-state index contributed by atoms with van der Waals surface area (Å²) in [5.74, 6) is 0.507. The fourth-order valence-corrected chi connectivity index (χ4v) is 3.53. The molecule has 0 spiro atoms. The van der Waals surface area contributed by atoms with Crippen LogP contribution in [0.15, 0.2) is 24.3 Å². The molecule has 5 nitrogen and oxygen atoms in total. The lowest BCUT2D eigenvalue weighted by Gasteiger charge is -2.26. The van der Waals surface area contributed by atoms with Gasteiger partial charge in [0.15, 0.2) is 9.84 Å². The molecule has 0 radical (unpaired) electrons. The molecule has 0 bridgehead atoms. The molecular weight excluding hydrogens is 278 g/mol. The van der Waals surface area contributed by atoms with E-state index >= 15 is 0 Å². The van der Waals surface area contributed by atoms with Crippen molar-refractivity contribution in [3.05, 3.63) is 29.8 Å². The normalized spacial score (nSPS) is 18.1. The molecule has 110 valence electrons. The predicted octanol–water partition coefficient (Wildman–Crippen LogP) is 2.55. The summed E-state index contributed by atoms with van der Waals surface area (Å²) in [6.07, 6.45) is -0.503. The summed E-state index contributed by atoms with van der Waals surface area (Å²) < 4.78 is 27.4. The third-order valence-corrected chi connectivity index (χ3v) is 4.76. The first-order valence-electron chi connectivity index (χ1n) is 6.45. The van der Waals surface area contributed by atoms with Crippen LogP contribution in [0.5, 0.6) is 0 Å². The van der Waals surface area contributed by atoms with Crippen LogP contribution in [-0.4, -0.2) is 31.6 Å². The molecule has 1 heterocycles. The van der Waals surface area contributed by atoms with E-state index in [9.17, 15) is 13.2 Å². The summed E-state index contributed by atoms with van der Waals surface area (Å²) in [5.41, 5.74) is 1.07. The second-order valence-corrected chi connectivity index (χ2v) is 8.18. The lowest BCUT2D eigenvalue weighted by Crippen LogP contribution is -2.34. The molecule has 1 fully saturated rings. The van der Waals surface area contributed by atoms with Gasteiger partial charge in [-0.05, 0) is 38.5 Å². The Labute approximate surface area is 119 Å². The summed E-state index contributed by atoms with van der Waals surface area (Å²) in [6.45, 7) is 5.39. The average molecular weight is 297 g/mol. The summed E-state index contributed by atoms with van der Waals surface area (Å²) in [4.78, 5) is 11.6. The number of hydrogen-bond donors (Lipinski definition) is 1. The predicted molar refractivity (Wildman–Crippen MR) is 77.7 cm³/mol. The van der Waals surface area contributed by atoms with Gasteiger partial charge in [0.1, 0.15) is 5.60 Å². The van der Waals surface area contributed by atoms with Gasteiger partial charge in [-0.15, -0.1) is 0 Å². The van der Waals surface area contributed by atoms with Gasteiger partial charge in [-0.3, -0.25) is 5.32 Å². The van der Waals surface area contributed by atoms with E-state index in [-0.39, 0.29) is 17.4 Å². The molecule has 1 saturated heterocycles. The third-order valence-electron chi connectivity index (χ3n) is 2.94. The SMILES string of the molecule is CC(C)(C)OC(=O)Nc1ccc(C2CS(=O)(=O)C2)cc1. The molecule has 0 atom stereocenters. The molecular formula is C14H19NO4S. The number of carbonyl (C=O) groups is 1. The highest BCUT2D eigenvalue weighted by Gasteiger charge is 2.34. The first kappa shape index (κ1) is 14.8. The Balaban J connectivity index is 1.94. The van der Waals surface area contributed by atoms with Crippen molar-refractivity contribution in [3.63, 3.8) is 0 Å². The molecule has 0 unspecified atom stereocenters. The van der Waals surface area contributed by atoms with Crippen LogP contribution in [0.2, 0.25) is 0 Å². The van der Waals surface area contributed by atoms with E-state index in [1.54, 1.807) is 32.9 Å². The van der Waals surface area contributed by atoms with Crippen molar-refractivity contribution in [2.45, 2.75) is 32.3 Å². The second-order valence-electron chi connectivity index (χ2n) is 6.02. The number of sulfone groups is 1. The van der Waals surface area contributed by atoms with Crippen LogP contribution in [0.1, 0.15) is 32.3 Å². The molecule has 1 N–H and O–H groups in total. The van der Waals surface area contributed by atoms with Crippen LogP contribution < -0.4 is 5.32 Å². The van der Waals surface area contributed by atoms with Crippen molar-refractivity contribution < 1.29 is 17.9 Å². The van der Waals surface area contributed by atoms with E-state index in [4.69, 9.17) is 4.74 Å². The number of anilines is 1. The first-order valence-corrected chi connectivity index (χ1v) is 8.27. The highest BCUT2D eigenvalue weighted by molar-refractivity contribution is 7.92. The third kappa shape index (κ3) is 3.96. The highest BCUT2D eigenvalue weighted by Crippen LogP contribution is 2.29. The van der Waals surface area contributed by atoms with Gasteiger partial charge < -0.3 is 4.74 Å². The Hall–Kier alpha value is -1.56. The Morgan fingerprint density at radius 3 is 2.20 bits per heavy atom. The molecule has 2 rings (SSSR count). The molecule has 6 heteroatoms. The smallest absolute Gasteiger partial charge is 0.412 e. The lowest BCUT2D eigenvalue weighted by atomic mass is 10.0. The Morgan fingerprint density at radius 1 is 1.20 bits per heavy atom. The first-order chi connectivity index (χ1) is 9.15. The molecule has 1 aliphatic rings. The number of nitrogens with one attached hydrogen (secondary N) is 1. The van der Waals surface area contributed by atoms with E-state index < -0.39 is 21.5 Å². The Kier molecular flexibility index (Phi) is 3.77. The molecule has 0 saturated carbocycles. The van der Waals surface area contributed by atoms with E-state index in [2.05, 4.69) is 5.32 Å². The second kappa shape index (κ2) is 5.09. The van der Waals surface area contributed by atoms with Gasteiger partial charge in [0.25, 0.3) is 0 Å². The minimum atomic E-state index is -2.82. The van der Waals surface area contributed by atoms with Crippen LogP contribution in [0.25, 0.3) is 0 Å². The van der Waals surface area contributed by atoms with E-state index in [0.717, 1.165) is 5.56 Å². The zero-order valence-electron chi connectivity index (χ0n) is 11.8. The van der Waals surface area contributed by atoms with Crippen molar-refractivity contribution in [1.82, 2.24) is 0 Å². The fourth-order valence-electron chi connectivity index (χ4n) is 2.02. The van der Waals surface area contributed by atoms with Crippen LogP contribution in [0.3, 0.4) is 0 Å². The molecule has 20 heavy (non-hydrogen) atoms. The summed E-state index contributed by atoms with van der Waals surface area (Å²) >= 11 is 0. The van der Waals surface area contributed by atoms with Crippen LogP contribution in [-0.2, 0) is 14.6 Å². The minimum absolute atomic E-state index is 0.0792. The summed E-state index contributed by atoms with van der Waals surface area (Å²) in [5, 5.41) is 2.64. The zero-order chi connectivity index (χ0) is 15.0. The van der Waals surface area contributed by atoms with Gasteiger partial charge >= 0.3 is 6.09 Å². The Morgan fingerprint density at radius 2 is 1.75 bits per heavy atom. The number of benzene rings is 1. The summed E-state index contributed by atoms with van der Waals surface area (Å²) in [7, 11) is -2.82. The van der Waals surface area contributed by atoms with Crippen LogP contribution in [0.4, 0.5) is 10.5 Å². The largest absolute Gasteiger partial charge is 0.444 e. The lowest BCUT2D eigenvalue weighted by molar-refractivity contribution is 0.0636. The monoisotopic (exact) mass is 297 g/mol. The summed E-state index contributed by atoms with van der Waals surface area (Å²) in [6, 6.07) is 7.19. The molecule has 1 aromatic carbocycles. The maximum Gasteiger partial charge on any atom is 0.412 e. The van der Waals surface area contributed by atoms with E-state index in [1.807, 2.05) is 12.1 Å². The van der Waals surface area contributed by atoms with Gasteiger partial charge in [0.05, 0.1) is 11.5 Å². The maximum absolute atomic E-state index is 11.6. The number of hydrogen-bond acceptors (Lipinski definition) is 4. The average Bonchev–Trinajstić information content (AvgIpc) is 2.24. The van der Waals surface area contributed by atoms with Crippen molar-refractivity contribution in [2.24, 2.45) is 0 Å². The molecule has 1 aliphatic heterocycles. The van der Waals surface area contributed by atoms with Crippen molar-refractivity contribution >= 4 is 21.6 Å². The number of ether oxygens (including phenoxy) is 1. The number of rotatable bonds is 2. The topological polar surface area (TPSA) is 72.5 Å². The van der Waals surface area contributed by atoms with Gasteiger partial charge in [-0.1, -0.05) is 12.1 Å². The number of carbonyl (C=O) groups excluding carboxylic acids is 1. The van der Waals surface area contributed by atoms with Gasteiger partial charge in [-0.2, -0.15) is 0 Å². The molecule has 0 aliphatic carbocycles. The van der Waals surface area contributed by atoms with E-state index in [1.165, 1.54) is 0 Å². The van der Waals surface area contributed by atoms with Crippen LogP contribution in [0, 0.1) is 0 Å². The van der Waals surface area contributed by atoms with E-state index in [0.29, 0.717) is 5.69 Å². The van der Waals surface area contributed by atoms with Gasteiger partial charge in [0.2, 0.25) is 0 Å². The molecule has 1 aromatic rings. The maximum atomic E-state index is 11.6. The van der Waals surface area contributed by atoms with Crippen molar-refractivity contribution in [1.29, 1.82) is 0 Å². The minimum Gasteiger partial charge on any atom is -0.444 e. The van der Waals surface area contributed by atoms with Crippen molar-refractivity contribution in [3.8, 4) is 0 Å². The number of amides is 1. The van der Waals surface area contributed by atoms with Crippen LogP contribution >= 0.6 is 0 Å². The van der Waals surface area contributed by atoms with Crippen molar-refractivity contribution in [2.75, 3.05) is 16.8 Å². The standard InChI is InChI=1S/C14H19NO4S/c1-14(2,3)19-13(16)15-12-6-4-10(5-7-12)11-8-20(17,18)9-11/h4-7,11H,8-9H2,1-3H3,(H,15,16). The zero-order valence-corrected chi connectivity index (χ0v) is 12.7.